The molecular formula is C18H21N3O3. The molecule has 0 fully saturated rings. The van der Waals surface area contributed by atoms with Gasteiger partial charge in [0.05, 0.1) is 26.1 Å². The molecule has 6 nitrogen and oxygen atoms in total. The Balaban J connectivity index is 1.90. The second-order valence-corrected chi connectivity index (χ2v) is 5.07. The van der Waals surface area contributed by atoms with Gasteiger partial charge in [0.25, 0.3) is 5.91 Å². The summed E-state index contributed by atoms with van der Waals surface area (Å²) in [6, 6.07) is 14.3. The molecule has 0 heterocycles. The van der Waals surface area contributed by atoms with Crippen LogP contribution in [0.15, 0.2) is 53.6 Å². The number of amides is 1. The lowest BCUT2D eigenvalue weighted by Gasteiger charge is -2.15. The molecule has 2 rings (SSSR count). The summed E-state index contributed by atoms with van der Waals surface area (Å²) in [7, 11) is 3.20. The minimum atomic E-state index is -0.464. The Labute approximate surface area is 141 Å². The maximum Gasteiger partial charge on any atom is 0.262 e. The maximum absolute atomic E-state index is 12.1. The Morgan fingerprint density at radius 1 is 1.08 bits per heavy atom. The predicted octanol–water partition coefficient (Wildman–Crippen LogP) is 2.65. The van der Waals surface area contributed by atoms with Crippen molar-refractivity contribution in [3.05, 3.63) is 54.1 Å². The number of benzene rings is 2. The lowest BCUT2D eigenvalue weighted by atomic mass is 10.2. The minimum absolute atomic E-state index is 0.245. The SMILES string of the molecule is COc1ccc(/C=N/NC(=O)C(C)Nc2ccccc2OC)cc1. The van der Waals surface area contributed by atoms with Gasteiger partial charge in [0.15, 0.2) is 0 Å². The van der Waals surface area contributed by atoms with E-state index in [-0.39, 0.29) is 5.91 Å². The molecule has 0 aliphatic carbocycles. The largest absolute Gasteiger partial charge is 0.497 e. The number of anilines is 1. The summed E-state index contributed by atoms with van der Waals surface area (Å²) in [5.41, 5.74) is 4.13. The highest BCUT2D eigenvalue weighted by atomic mass is 16.5. The van der Waals surface area contributed by atoms with Crippen LogP contribution in [-0.4, -0.2) is 32.4 Å². The van der Waals surface area contributed by atoms with Gasteiger partial charge in [0, 0.05) is 0 Å². The third kappa shape index (κ3) is 4.74. The van der Waals surface area contributed by atoms with E-state index >= 15 is 0 Å². The van der Waals surface area contributed by atoms with Crippen molar-refractivity contribution in [3.8, 4) is 11.5 Å². The molecular weight excluding hydrogens is 306 g/mol. The van der Waals surface area contributed by atoms with Crippen molar-refractivity contribution in [2.24, 2.45) is 5.10 Å². The Kier molecular flexibility index (Phi) is 6.19. The number of para-hydroxylation sites is 2. The van der Waals surface area contributed by atoms with Gasteiger partial charge >= 0.3 is 0 Å². The molecule has 1 atom stereocenters. The van der Waals surface area contributed by atoms with E-state index in [9.17, 15) is 4.79 Å². The summed E-state index contributed by atoms with van der Waals surface area (Å²) >= 11 is 0. The molecule has 24 heavy (non-hydrogen) atoms. The molecule has 2 aromatic rings. The number of methoxy groups -OCH3 is 2. The summed E-state index contributed by atoms with van der Waals surface area (Å²) in [6.07, 6.45) is 1.58. The quantitative estimate of drug-likeness (QED) is 0.606. The highest BCUT2D eigenvalue weighted by Crippen LogP contribution is 2.23. The third-order valence-corrected chi connectivity index (χ3v) is 3.38. The molecule has 126 valence electrons. The van der Waals surface area contributed by atoms with Crippen molar-refractivity contribution in [2.45, 2.75) is 13.0 Å². The normalized spacial score (nSPS) is 11.8. The highest BCUT2D eigenvalue weighted by molar-refractivity contribution is 5.86. The number of nitrogens with one attached hydrogen (secondary N) is 2. The summed E-state index contributed by atoms with van der Waals surface area (Å²) in [4.78, 5) is 12.1. The number of rotatable bonds is 7. The van der Waals surface area contributed by atoms with Gasteiger partial charge in [-0.2, -0.15) is 5.10 Å². The number of nitrogens with zero attached hydrogens (tertiary/aromatic N) is 1. The van der Waals surface area contributed by atoms with Gasteiger partial charge in [-0.1, -0.05) is 12.1 Å². The number of hydrogen-bond donors (Lipinski definition) is 2. The Morgan fingerprint density at radius 3 is 2.46 bits per heavy atom. The lowest BCUT2D eigenvalue weighted by molar-refractivity contribution is -0.121. The van der Waals surface area contributed by atoms with Crippen LogP contribution in [-0.2, 0) is 4.79 Å². The van der Waals surface area contributed by atoms with E-state index in [1.807, 2.05) is 48.5 Å². The van der Waals surface area contributed by atoms with Crippen molar-refractivity contribution >= 4 is 17.8 Å². The zero-order chi connectivity index (χ0) is 17.4. The van der Waals surface area contributed by atoms with Crippen molar-refractivity contribution in [3.63, 3.8) is 0 Å². The van der Waals surface area contributed by atoms with E-state index in [2.05, 4.69) is 15.8 Å². The van der Waals surface area contributed by atoms with Crippen molar-refractivity contribution in [2.75, 3.05) is 19.5 Å². The second-order valence-electron chi connectivity index (χ2n) is 5.07. The first-order chi connectivity index (χ1) is 11.6. The van der Waals surface area contributed by atoms with E-state index in [0.29, 0.717) is 5.75 Å². The molecule has 0 saturated carbocycles. The first kappa shape index (κ1) is 17.3. The van der Waals surface area contributed by atoms with Crippen LogP contribution in [0.4, 0.5) is 5.69 Å². The summed E-state index contributed by atoms with van der Waals surface area (Å²) in [5.74, 6) is 1.20. The standard InChI is InChI=1S/C18H21N3O3/c1-13(20-16-6-4-5-7-17(16)24-3)18(22)21-19-12-14-8-10-15(23-2)11-9-14/h4-13,20H,1-3H3,(H,21,22)/b19-12+. The number of ether oxygens (including phenoxy) is 2. The van der Waals surface area contributed by atoms with Crippen LogP contribution >= 0.6 is 0 Å². The van der Waals surface area contributed by atoms with Crippen LogP contribution in [0, 0.1) is 0 Å². The minimum Gasteiger partial charge on any atom is -0.497 e. The Morgan fingerprint density at radius 2 is 1.79 bits per heavy atom. The lowest BCUT2D eigenvalue weighted by Crippen LogP contribution is -2.35. The van der Waals surface area contributed by atoms with Crippen LogP contribution in [0.3, 0.4) is 0 Å². The van der Waals surface area contributed by atoms with Crippen LogP contribution in [0.25, 0.3) is 0 Å². The fraction of sp³-hybridized carbons (Fsp3) is 0.222. The summed E-state index contributed by atoms with van der Waals surface area (Å²) in [6.45, 7) is 1.75. The summed E-state index contributed by atoms with van der Waals surface area (Å²) < 4.78 is 10.3. The van der Waals surface area contributed by atoms with Crippen LogP contribution < -0.4 is 20.2 Å². The van der Waals surface area contributed by atoms with Crippen molar-refractivity contribution < 1.29 is 14.3 Å². The average molecular weight is 327 g/mol. The van der Waals surface area contributed by atoms with Gasteiger partial charge in [0.2, 0.25) is 0 Å². The molecule has 2 N–H and O–H groups in total. The van der Waals surface area contributed by atoms with Crippen molar-refractivity contribution in [1.82, 2.24) is 5.43 Å². The molecule has 1 unspecified atom stereocenters. The van der Waals surface area contributed by atoms with Crippen LogP contribution in [0.2, 0.25) is 0 Å². The maximum atomic E-state index is 12.1. The molecule has 0 aliphatic rings. The van der Waals surface area contributed by atoms with Gasteiger partial charge in [-0.15, -0.1) is 0 Å². The van der Waals surface area contributed by atoms with Gasteiger partial charge < -0.3 is 14.8 Å². The number of carbonyl (C=O) groups excluding carboxylic acids is 1. The number of hydrogen-bond acceptors (Lipinski definition) is 5. The number of hydrazone groups is 1. The zero-order valence-electron chi connectivity index (χ0n) is 13.9. The van der Waals surface area contributed by atoms with Gasteiger partial charge in [0.1, 0.15) is 17.5 Å². The molecule has 0 aromatic heterocycles. The average Bonchev–Trinajstić information content (AvgIpc) is 2.62. The topological polar surface area (TPSA) is 72.0 Å². The van der Waals surface area contributed by atoms with Crippen LogP contribution in [0.5, 0.6) is 11.5 Å². The molecule has 0 radical (unpaired) electrons. The molecule has 1 amide bonds. The molecule has 0 saturated heterocycles. The van der Waals surface area contributed by atoms with E-state index in [0.717, 1.165) is 17.0 Å². The van der Waals surface area contributed by atoms with E-state index in [1.54, 1.807) is 27.4 Å². The van der Waals surface area contributed by atoms with E-state index < -0.39 is 6.04 Å². The van der Waals surface area contributed by atoms with E-state index in [4.69, 9.17) is 9.47 Å². The fourth-order valence-electron chi connectivity index (χ4n) is 2.02. The highest BCUT2D eigenvalue weighted by Gasteiger charge is 2.13. The Bertz CT molecular complexity index is 699. The third-order valence-electron chi connectivity index (χ3n) is 3.38. The van der Waals surface area contributed by atoms with E-state index in [1.165, 1.54) is 0 Å². The number of carbonyl (C=O) groups is 1. The fourth-order valence-corrected chi connectivity index (χ4v) is 2.02. The Hall–Kier alpha value is -3.02. The molecule has 0 aliphatic heterocycles. The molecule has 6 heteroatoms. The molecule has 0 bridgehead atoms. The molecule has 0 spiro atoms. The first-order valence-electron chi connectivity index (χ1n) is 7.50. The monoisotopic (exact) mass is 327 g/mol. The van der Waals surface area contributed by atoms with Crippen LogP contribution in [0.1, 0.15) is 12.5 Å². The zero-order valence-corrected chi connectivity index (χ0v) is 13.9. The first-order valence-corrected chi connectivity index (χ1v) is 7.50. The second kappa shape index (κ2) is 8.57. The molecule has 2 aromatic carbocycles. The predicted molar refractivity (Wildman–Crippen MR) is 94.8 cm³/mol. The van der Waals surface area contributed by atoms with Gasteiger partial charge in [-0.25, -0.2) is 5.43 Å². The van der Waals surface area contributed by atoms with Gasteiger partial charge in [-0.3, -0.25) is 4.79 Å². The smallest absolute Gasteiger partial charge is 0.262 e. The van der Waals surface area contributed by atoms with Crippen molar-refractivity contribution in [1.29, 1.82) is 0 Å². The summed E-state index contributed by atoms with van der Waals surface area (Å²) in [5, 5.41) is 7.06. The van der Waals surface area contributed by atoms with Gasteiger partial charge in [-0.05, 0) is 48.9 Å².